The van der Waals surface area contributed by atoms with Crippen molar-refractivity contribution < 1.29 is 9.90 Å². The fourth-order valence-corrected chi connectivity index (χ4v) is 1.43. The Bertz CT molecular complexity index is 399. The van der Waals surface area contributed by atoms with Crippen LogP contribution in [0.3, 0.4) is 0 Å². The topological polar surface area (TPSA) is 75.3 Å². The minimum atomic E-state index is -0.706. The monoisotopic (exact) mass is 250 g/mol. The number of anilines is 1. The molecule has 18 heavy (non-hydrogen) atoms. The lowest BCUT2D eigenvalue weighted by Crippen LogP contribution is -2.38. The van der Waals surface area contributed by atoms with Crippen LogP contribution >= 0.6 is 0 Å². The molecule has 100 valence electrons. The van der Waals surface area contributed by atoms with Gasteiger partial charge >= 0.3 is 0 Å². The number of aliphatic hydroxyl groups excluding tert-OH is 1. The average molecular weight is 250 g/mol. The van der Waals surface area contributed by atoms with Gasteiger partial charge in [0.25, 0.3) is 0 Å². The minimum absolute atomic E-state index is 0.0421. The van der Waals surface area contributed by atoms with E-state index in [-0.39, 0.29) is 12.5 Å². The smallest absolute Gasteiger partial charge is 0.225 e. The predicted molar refractivity (Wildman–Crippen MR) is 72.9 cm³/mol. The van der Waals surface area contributed by atoms with Crippen LogP contribution in [0.2, 0.25) is 0 Å². The van der Waals surface area contributed by atoms with Crippen molar-refractivity contribution in [3.8, 4) is 0 Å². The van der Waals surface area contributed by atoms with Crippen LogP contribution in [-0.4, -0.2) is 17.6 Å². The van der Waals surface area contributed by atoms with Crippen LogP contribution in [0.4, 0.5) is 5.69 Å². The van der Waals surface area contributed by atoms with Gasteiger partial charge < -0.3 is 16.2 Å². The molecule has 0 radical (unpaired) electrons. The van der Waals surface area contributed by atoms with E-state index in [2.05, 4.69) is 5.32 Å². The number of rotatable bonds is 5. The molecule has 4 N–H and O–H groups in total. The molecule has 0 heterocycles. The standard InChI is InChI=1S/C14H22N2O2/c1-4-14(2,3)13(18)16-9-12(17)10-5-7-11(15)8-6-10/h5-8,12,17H,4,9,15H2,1-3H3,(H,16,18). The molecule has 1 rings (SSSR count). The number of nitrogens with two attached hydrogens (primary N) is 1. The number of carbonyl (C=O) groups excluding carboxylic acids is 1. The van der Waals surface area contributed by atoms with Crippen molar-refractivity contribution in [2.24, 2.45) is 5.41 Å². The molecule has 0 fully saturated rings. The molecule has 1 aromatic rings. The van der Waals surface area contributed by atoms with Gasteiger partial charge in [-0.25, -0.2) is 0 Å². The van der Waals surface area contributed by atoms with Crippen molar-refractivity contribution in [2.45, 2.75) is 33.3 Å². The van der Waals surface area contributed by atoms with Crippen molar-refractivity contribution in [3.05, 3.63) is 29.8 Å². The minimum Gasteiger partial charge on any atom is -0.399 e. The molecule has 1 unspecified atom stereocenters. The second-order valence-electron chi connectivity index (χ2n) is 5.13. The average Bonchev–Trinajstić information content (AvgIpc) is 2.36. The van der Waals surface area contributed by atoms with E-state index in [0.717, 1.165) is 12.0 Å². The summed E-state index contributed by atoms with van der Waals surface area (Å²) < 4.78 is 0. The molecule has 4 nitrogen and oxygen atoms in total. The van der Waals surface area contributed by atoms with E-state index in [1.165, 1.54) is 0 Å². The largest absolute Gasteiger partial charge is 0.399 e. The third-order valence-corrected chi connectivity index (χ3v) is 3.28. The zero-order chi connectivity index (χ0) is 13.8. The van der Waals surface area contributed by atoms with Crippen LogP contribution in [0.15, 0.2) is 24.3 Å². The van der Waals surface area contributed by atoms with Gasteiger partial charge in [-0.3, -0.25) is 4.79 Å². The molecule has 4 heteroatoms. The van der Waals surface area contributed by atoms with Gasteiger partial charge in [0.2, 0.25) is 5.91 Å². The van der Waals surface area contributed by atoms with Crippen molar-refractivity contribution in [2.75, 3.05) is 12.3 Å². The lowest BCUT2D eigenvalue weighted by Gasteiger charge is -2.22. The molecule has 0 aromatic heterocycles. The number of aliphatic hydroxyl groups is 1. The Morgan fingerprint density at radius 2 is 1.94 bits per heavy atom. The molecule has 0 spiro atoms. The Morgan fingerprint density at radius 1 is 1.39 bits per heavy atom. The fourth-order valence-electron chi connectivity index (χ4n) is 1.43. The second kappa shape index (κ2) is 5.87. The number of nitrogen functional groups attached to an aromatic ring is 1. The molecule has 0 aliphatic heterocycles. The van der Waals surface area contributed by atoms with E-state index in [9.17, 15) is 9.90 Å². The number of benzene rings is 1. The Kier molecular flexibility index (Phi) is 4.73. The molecule has 0 saturated carbocycles. The quantitative estimate of drug-likeness (QED) is 0.698. The van der Waals surface area contributed by atoms with Gasteiger partial charge in [0.15, 0.2) is 0 Å². The van der Waals surface area contributed by atoms with Gasteiger partial charge in [-0.05, 0) is 24.1 Å². The van der Waals surface area contributed by atoms with Crippen LogP contribution in [0.5, 0.6) is 0 Å². The highest BCUT2D eigenvalue weighted by Gasteiger charge is 2.25. The van der Waals surface area contributed by atoms with E-state index in [1.54, 1.807) is 24.3 Å². The molecule has 0 aliphatic carbocycles. The Hall–Kier alpha value is -1.55. The number of nitrogens with one attached hydrogen (secondary N) is 1. The lowest BCUT2D eigenvalue weighted by molar-refractivity contribution is -0.130. The first-order valence-corrected chi connectivity index (χ1v) is 6.18. The summed E-state index contributed by atoms with van der Waals surface area (Å²) >= 11 is 0. The highest BCUT2D eigenvalue weighted by Crippen LogP contribution is 2.20. The van der Waals surface area contributed by atoms with Crippen molar-refractivity contribution >= 4 is 11.6 Å². The number of carbonyl (C=O) groups is 1. The zero-order valence-corrected chi connectivity index (χ0v) is 11.2. The Morgan fingerprint density at radius 3 is 2.44 bits per heavy atom. The van der Waals surface area contributed by atoms with Crippen LogP contribution in [0.25, 0.3) is 0 Å². The SMILES string of the molecule is CCC(C)(C)C(=O)NCC(O)c1ccc(N)cc1. The predicted octanol–water partition coefficient (Wildman–Crippen LogP) is 1.85. The van der Waals surface area contributed by atoms with E-state index in [0.29, 0.717) is 5.69 Å². The third-order valence-electron chi connectivity index (χ3n) is 3.28. The van der Waals surface area contributed by atoms with Crippen molar-refractivity contribution in [1.29, 1.82) is 0 Å². The molecule has 0 bridgehead atoms. The number of hydrogen-bond donors (Lipinski definition) is 3. The van der Waals surface area contributed by atoms with Crippen LogP contribution in [0, 0.1) is 5.41 Å². The fraction of sp³-hybridized carbons (Fsp3) is 0.500. The van der Waals surface area contributed by atoms with Gasteiger partial charge in [0.05, 0.1) is 6.10 Å². The van der Waals surface area contributed by atoms with Crippen molar-refractivity contribution in [3.63, 3.8) is 0 Å². The molecular weight excluding hydrogens is 228 g/mol. The molecule has 1 amide bonds. The molecule has 1 aromatic carbocycles. The van der Waals surface area contributed by atoms with Crippen LogP contribution < -0.4 is 11.1 Å². The summed E-state index contributed by atoms with van der Waals surface area (Å²) in [4.78, 5) is 11.8. The summed E-state index contributed by atoms with van der Waals surface area (Å²) in [6.07, 6.45) is 0.0544. The first-order chi connectivity index (χ1) is 8.36. The van der Waals surface area contributed by atoms with E-state index >= 15 is 0 Å². The maximum atomic E-state index is 11.8. The van der Waals surface area contributed by atoms with Crippen LogP contribution in [0.1, 0.15) is 38.9 Å². The summed E-state index contributed by atoms with van der Waals surface area (Å²) in [5.41, 5.74) is 6.57. The normalized spacial score (nSPS) is 13.1. The van der Waals surface area contributed by atoms with Gasteiger partial charge in [0, 0.05) is 17.6 Å². The number of amides is 1. The molecule has 0 saturated heterocycles. The molecule has 1 atom stereocenters. The lowest BCUT2D eigenvalue weighted by atomic mass is 9.89. The second-order valence-corrected chi connectivity index (χ2v) is 5.13. The van der Waals surface area contributed by atoms with Crippen LogP contribution in [-0.2, 0) is 4.79 Å². The Balaban J connectivity index is 2.54. The Labute approximate surface area is 108 Å². The van der Waals surface area contributed by atoms with E-state index in [4.69, 9.17) is 5.73 Å². The molecule has 0 aliphatic rings. The highest BCUT2D eigenvalue weighted by molar-refractivity contribution is 5.81. The summed E-state index contributed by atoms with van der Waals surface area (Å²) in [6.45, 7) is 5.96. The molecular formula is C14H22N2O2. The van der Waals surface area contributed by atoms with Gasteiger partial charge in [-0.15, -0.1) is 0 Å². The zero-order valence-electron chi connectivity index (χ0n) is 11.2. The first kappa shape index (κ1) is 14.5. The van der Waals surface area contributed by atoms with Gasteiger partial charge in [0.1, 0.15) is 0 Å². The van der Waals surface area contributed by atoms with E-state index < -0.39 is 11.5 Å². The summed E-state index contributed by atoms with van der Waals surface area (Å²) in [5, 5.41) is 12.7. The third kappa shape index (κ3) is 3.74. The summed E-state index contributed by atoms with van der Waals surface area (Å²) in [6, 6.07) is 6.99. The summed E-state index contributed by atoms with van der Waals surface area (Å²) in [7, 11) is 0. The maximum absolute atomic E-state index is 11.8. The first-order valence-electron chi connectivity index (χ1n) is 6.18. The van der Waals surface area contributed by atoms with E-state index in [1.807, 2.05) is 20.8 Å². The number of hydrogen-bond acceptors (Lipinski definition) is 3. The van der Waals surface area contributed by atoms with Crippen molar-refractivity contribution in [1.82, 2.24) is 5.32 Å². The highest BCUT2D eigenvalue weighted by atomic mass is 16.3. The maximum Gasteiger partial charge on any atom is 0.225 e. The summed E-state index contributed by atoms with van der Waals surface area (Å²) in [5.74, 6) is -0.0421. The van der Waals surface area contributed by atoms with Gasteiger partial charge in [-0.2, -0.15) is 0 Å². The van der Waals surface area contributed by atoms with Gasteiger partial charge in [-0.1, -0.05) is 32.9 Å².